The van der Waals surface area contributed by atoms with E-state index in [1.807, 2.05) is 6.92 Å². The van der Waals surface area contributed by atoms with Crippen LogP contribution in [0.15, 0.2) is 35.2 Å². The van der Waals surface area contributed by atoms with E-state index in [9.17, 15) is 13.0 Å². The first-order chi connectivity index (χ1) is 6.97. The standard InChI is InChI=1S/C10H9NO3S.Na/c1-7-2-3-8-6-9(15(12,13)14)4-5-10(8)11-7;/h2-6H,1H3,(H,12,13,14);/q;+1/p-1. The minimum absolute atomic E-state index is 0. The molecule has 1 aromatic heterocycles. The maximum Gasteiger partial charge on any atom is 1.00 e. The molecule has 0 aliphatic carbocycles. The van der Waals surface area contributed by atoms with Crippen LogP contribution in [0.1, 0.15) is 5.69 Å². The average Bonchev–Trinajstić information content (AvgIpc) is 2.15. The van der Waals surface area contributed by atoms with E-state index >= 15 is 0 Å². The van der Waals surface area contributed by atoms with Crippen LogP contribution < -0.4 is 29.6 Å². The Hall–Kier alpha value is -0.460. The summed E-state index contributed by atoms with van der Waals surface area (Å²) in [5.74, 6) is 0. The molecule has 2 aromatic rings. The molecule has 16 heavy (non-hydrogen) atoms. The molecule has 0 unspecified atom stereocenters. The quantitative estimate of drug-likeness (QED) is 0.450. The molecule has 78 valence electrons. The van der Waals surface area contributed by atoms with Crippen LogP contribution in [0.25, 0.3) is 10.9 Å². The second-order valence-electron chi connectivity index (χ2n) is 3.26. The Morgan fingerprint density at radius 1 is 1.19 bits per heavy atom. The van der Waals surface area contributed by atoms with Crippen molar-refractivity contribution in [2.45, 2.75) is 11.8 Å². The van der Waals surface area contributed by atoms with Crippen LogP contribution in [-0.4, -0.2) is 18.0 Å². The first kappa shape index (κ1) is 13.6. The van der Waals surface area contributed by atoms with Crippen molar-refractivity contribution < 1.29 is 42.5 Å². The third-order valence-electron chi connectivity index (χ3n) is 2.09. The van der Waals surface area contributed by atoms with E-state index in [2.05, 4.69) is 4.98 Å². The molecule has 1 aromatic carbocycles. The summed E-state index contributed by atoms with van der Waals surface area (Å²) in [6, 6.07) is 7.66. The third-order valence-corrected chi connectivity index (χ3v) is 2.92. The number of nitrogens with zero attached hydrogens (tertiary/aromatic N) is 1. The number of rotatable bonds is 1. The third kappa shape index (κ3) is 2.81. The van der Waals surface area contributed by atoms with Gasteiger partial charge in [-0.05, 0) is 31.2 Å². The molecule has 0 radical (unpaired) electrons. The second kappa shape index (κ2) is 4.81. The molecule has 0 atom stereocenters. The summed E-state index contributed by atoms with van der Waals surface area (Å²) in [4.78, 5) is 3.98. The molecule has 4 nitrogen and oxygen atoms in total. The number of pyridine rings is 1. The molecule has 0 bridgehead atoms. The fraction of sp³-hybridized carbons (Fsp3) is 0.100. The molecule has 0 fully saturated rings. The van der Waals surface area contributed by atoms with Crippen LogP contribution in [0.4, 0.5) is 0 Å². The average molecular weight is 245 g/mol. The van der Waals surface area contributed by atoms with Gasteiger partial charge in [0.1, 0.15) is 10.1 Å². The summed E-state index contributed by atoms with van der Waals surface area (Å²) in [6.07, 6.45) is 0. The molecule has 0 aliphatic heterocycles. The normalized spacial score (nSPS) is 11.1. The van der Waals surface area contributed by atoms with Crippen LogP contribution in [0.5, 0.6) is 0 Å². The summed E-state index contributed by atoms with van der Waals surface area (Å²) < 4.78 is 32.3. The molecule has 0 amide bonds. The van der Waals surface area contributed by atoms with Gasteiger partial charge < -0.3 is 4.55 Å². The topological polar surface area (TPSA) is 70.1 Å². The van der Waals surface area contributed by atoms with Crippen molar-refractivity contribution in [3.63, 3.8) is 0 Å². The van der Waals surface area contributed by atoms with Gasteiger partial charge in [0.15, 0.2) is 0 Å². The summed E-state index contributed by atoms with van der Waals surface area (Å²) in [6.45, 7) is 1.84. The smallest absolute Gasteiger partial charge is 0.744 e. The van der Waals surface area contributed by atoms with Crippen molar-refractivity contribution in [3.05, 3.63) is 36.0 Å². The van der Waals surface area contributed by atoms with Gasteiger partial charge in [-0.1, -0.05) is 6.07 Å². The first-order valence-corrected chi connectivity index (χ1v) is 5.71. The van der Waals surface area contributed by atoms with Crippen LogP contribution in [0.3, 0.4) is 0 Å². The summed E-state index contributed by atoms with van der Waals surface area (Å²) in [5.41, 5.74) is 1.53. The fourth-order valence-corrected chi connectivity index (χ4v) is 1.87. The van der Waals surface area contributed by atoms with E-state index in [-0.39, 0.29) is 34.5 Å². The van der Waals surface area contributed by atoms with Crippen LogP contribution in [-0.2, 0) is 10.1 Å². The summed E-state index contributed by atoms with van der Waals surface area (Å²) >= 11 is 0. The van der Waals surface area contributed by atoms with Gasteiger partial charge in [-0.15, -0.1) is 0 Å². The van der Waals surface area contributed by atoms with Crippen LogP contribution in [0, 0.1) is 6.92 Å². The predicted molar refractivity (Wildman–Crippen MR) is 54.4 cm³/mol. The molecule has 0 saturated heterocycles. The molecular formula is C10H8NNaO3S. The van der Waals surface area contributed by atoms with Crippen LogP contribution >= 0.6 is 0 Å². The van der Waals surface area contributed by atoms with Crippen molar-refractivity contribution in [2.24, 2.45) is 0 Å². The zero-order valence-corrected chi connectivity index (χ0v) is 11.8. The Kier molecular flexibility index (Phi) is 4.09. The zero-order chi connectivity index (χ0) is 11.1. The largest absolute Gasteiger partial charge is 1.00 e. The first-order valence-electron chi connectivity index (χ1n) is 4.30. The monoisotopic (exact) mass is 245 g/mol. The van der Waals surface area contributed by atoms with Gasteiger partial charge in [-0.3, -0.25) is 4.98 Å². The molecule has 6 heteroatoms. The van der Waals surface area contributed by atoms with Gasteiger partial charge >= 0.3 is 29.6 Å². The van der Waals surface area contributed by atoms with E-state index in [0.717, 1.165) is 5.69 Å². The van der Waals surface area contributed by atoms with E-state index in [1.165, 1.54) is 18.2 Å². The van der Waals surface area contributed by atoms with Crippen molar-refractivity contribution in [1.29, 1.82) is 0 Å². The molecular weight excluding hydrogens is 237 g/mol. The number of hydrogen-bond acceptors (Lipinski definition) is 4. The van der Waals surface area contributed by atoms with Gasteiger partial charge in [0.2, 0.25) is 0 Å². The SMILES string of the molecule is Cc1ccc2cc(S(=O)(=O)[O-])ccc2n1.[Na+]. The van der Waals surface area contributed by atoms with E-state index < -0.39 is 10.1 Å². The molecule has 2 rings (SSSR count). The number of aromatic nitrogens is 1. The second-order valence-corrected chi connectivity index (χ2v) is 4.64. The van der Waals surface area contributed by atoms with Crippen LogP contribution in [0.2, 0.25) is 0 Å². The van der Waals surface area contributed by atoms with Crippen molar-refractivity contribution in [1.82, 2.24) is 4.98 Å². The Bertz CT molecular complexity index is 625. The fourth-order valence-electron chi connectivity index (χ4n) is 1.36. The number of aryl methyl sites for hydroxylation is 1. The van der Waals surface area contributed by atoms with Crippen molar-refractivity contribution >= 4 is 21.0 Å². The van der Waals surface area contributed by atoms with Crippen molar-refractivity contribution in [2.75, 3.05) is 0 Å². The Balaban J connectivity index is 0.00000128. The number of fused-ring (bicyclic) bond motifs is 1. The molecule has 0 N–H and O–H groups in total. The maximum atomic E-state index is 10.8. The van der Waals surface area contributed by atoms with E-state index in [0.29, 0.717) is 10.9 Å². The Morgan fingerprint density at radius 2 is 1.88 bits per heavy atom. The minimum atomic E-state index is -4.38. The predicted octanol–water partition coefficient (Wildman–Crippen LogP) is -1.55. The number of hydrogen-bond donors (Lipinski definition) is 0. The van der Waals surface area contributed by atoms with Gasteiger partial charge in [0.25, 0.3) is 0 Å². The van der Waals surface area contributed by atoms with Gasteiger partial charge in [-0.25, -0.2) is 8.42 Å². The maximum absolute atomic E-state index is 10.8. The van der Waals surface area contributed by atoms with E-state index in [1.54, 1.807) is 12.1 Å². The van der Waals surface area contributed by atoms with Gasteiger partial charge in [-0.2, -0.15) is 0 Å². The molecule has 0 spiro atoms. The summed E-state index contributed by atoms with van der Waals surface area (Å²) in [7, 11) is -4.38. The Labute approximate surface area is 116 Å². The number of benzene rings is 1. The van der Waals surface area contributed by atoms with Gasteiger partial charge in [0, 0.05) is 11.1 Å². The molecule has 1 heterocycles. The minimum Gasteiger partial charge on any atom is -0.744 e. The zero-order valence-electron chi connectivity index (χ0n) is 8.97. The van der Waals surface area contributed by atoms with Crippen molar-refractivity contribution in [3.8, 4) is 0 Å². The van der Waals surface area contributed by atoms with E-state index in [4.69, 9.17) is 0 Å². The van der Waals surface area contributed by atoms with Gasteiger partial charge in [0.05, 0.1) is 10.4 Å². The molecule has 0 saturated carbocycles. The Morgan fingerprint density at radius 3 is 2.50 bits per heavy atom. The molecule has 0 aliphatic rings. The summed E-state index contributed by atoms with van der Waals surface area (Å²) in [5, 5.41) is 0.650.